The molecule has 2 aliphatic carbocycles. The lowest BCUT2D eigenvalue weighted by Crippen LogP contribution is -2.42. The Balaban J connectivity index is 1.45. The number of hydrogen-bond donors (Lipinski definition) is 1. The summed E-state index contributed by atoms with van der Waals surface area (Å²) in [6, 6.07) is 14.3. The van der Waals surface area contributed by atoms with E-state index in [1.54, 1.807) is 0 Å². The lowest BCUT2D eigenvalue weighted by atomic mass is 9.76. The maximum atomic E-state index is 13.6. The number of sulfone groups is 1. The van der Waals surface area contributed by atoms with Crippen LogP contribution < -0.4 is 10.2 Å². The third-order valence-corrected chi connectivity index (χ3v) is 10.3. The topological polar surface area (TPSA) is 116 Å². The number of rotatable bonds is 6. The summed E-state index contributed by atoms with van der Waals surface area (Å²) >= 11 is 0. The third kappa shape index (κ3) is 6.00. The molecule has 1 aromatic heterocycles. The zero-order valence-electron chi connectivity index (χ0n) is 23.4. The molecule has 3 aliphatic rings. The molecule has 12 heteroatoms. The summed E-state index contributed by atoms with van der Waals surface area (Å²) in [6.45, 7) is 0.579. The fraction of sp³-hybridized carbons (Fsp3) is 0.452. The maximum Gasteiger partial charge on any atom is 0.416 e. The van der Waals surface area contributed by atoms with Crippen LogP contribution in [0.4, 0.5) is 18.9 Å². The molecule has 1 aliphatic heterocycles. The first-order valence-electron chi connectivity index (χ1n) is 14.4. The molecule has 0 bridgehead atoms. The molecule has 3 aromatic rings. The second-order valence-electron chi connectivity index (χ2n) is 11.6. The van der Waals surface area contributed by atoms with Crippen LogP contribution in [0.15, 0.2) is 52.9 Å². The minimum atomic E-state index is -4.55. The fourth-order valence-electron chi connectivity index (χ4n) is 6.11. The third-order valence-electron chi connectivity index (χ3n) is 8.70. The van der Waals surface area contributed by atoms with Crippen LogP contribution in [0, 0.1) is 17.2 Å². The number of carbonyl (C=O) groups excluding carboxylic acids is 1. The van der Waals surface area contributed by atoms with E-state index in [0.717, 1.165) is 30.7 Å². The minimum absolute atomic E-state index is 0.00699. The number of benzene rings is 2. The average Bonchev–Trinajstić information content (AvgIpc) is 3.63. The van der Waals surface area contributed by atoms with Crippen LogP contribution >= 0.6 is 0 Å². The van der Waals surface area contributed by atoms with Gasteiger partial charge in [-0.05, 0) is 49.9 Å². The van der Waals surface area contributed by atoms with Gasteiger partial charge in [0, 0.05) is 41.7 Å². The summed E-state index contributed by atoms with van der Waals surface area (Å²) < 4.78 is 71.4. The Hall–Kier alpha value is -3.85. The van der Waals surface area contributed by atoms with Gasteiger partial charge in [0.2, 0.25) is 11.8 Å². The van der Waals surface area contributed by atoms with Crippen molar-refractivity contribution < 1.29 is 30.8 Å². The number of aromatic nitrogens is 1. The first-order chi connectivity index (χ1) is 20.5. The Morgan fingerprint density at radius 2 is 1.79 bits per heavy atom. The predicted molar refractivity (Wildman–Crippen MR) is 154 cm³/mol. The van der Waals surface area contributed by atoms with Crippen molar-refractivity contribution in [2.45, 2.75) is 56.2 Å². The summed E-state index contributed by atoms with van der Waals surface area (Å²) in [4.78, 5) is 20.3. The summed E-state index contributed by atoms with van der Waals surface area (Å²) in [5, 5.41) is 12.5. The van der Waals surface area contributed by atoms with E-state index >= 15 is 0 Å². The lowest BCUT2D eigenvalue weighted by molar-refractivity contribution is -0.137. The van der Waals surface area contributed by atoms with E-state index < -0.39 is 39.0 Å². The highest BCUT2D eigenvalue weighted by atomic mass is 32.2. The van der Waals surface area contributed by atoms with Gasteiger partial charge in [0.25, 0.3) is 0 Å². The number of nitriles is 1. The van der Waals surface area contributed by atoms with Crippen molar-refractivity contribution in [2.24, 2.45) is 5.92 Å². The van der Waals surface area contributed by atoms with Crippen LogP contribution in [0.3, 0.4) is 0 Å². The molecule has 2 heterocycles. The van der Waals surface area contributed by atoms with Crippen molar-refractivity contribution in [1.82, 2.24) is 10.3 Å². The number of hydrogen-bond acceptors (Lipinski definition) is 7. The van der Waals surface area contributed by atoms with Crippen LogP contribution in [0.2, 0.25) is 0 Å². The van der Waals surface area contributed by atoms with Crippen molar-refractivity contribution >= 4 is 21.4 Å². The van der Waals surface area contributed by atoms with E-state index in [-0.39, 0.29) is 42.0 Å². The van der Waals surface area contributed by atoms with Crippen LogP contribution in [-0.2, 0) is 20.8 Å². The van der Waals surface area contributed by atoms with Crippen LogP contribution in [0.1, 0.15) is 55.8 Å². The summed E-state index contributed by atoms with van der Waals surface area (Å²) in [5.74, 6) is -0.727. The van der Waals surface area contributed by atoms with E-state index in [1.165, 1.54) is 12.1 Å². The molecule has 0 unspecified atom stereocenters. The van der Waals surface area contributed by atoms with Gasteiger partial charge in [0.1, 0.15) is 17.0 Å². The number of oxazole rings is 1. The molecule has 2 atom stereocenters. The van der Waals surface area contributed by atoms with E-state index in [9.17, 15) is 31.6 Å². The van der Waals surface area contributed by atoms with Gasteiger partial charge in [-0.3, -0.25) is 4.79 Å². The fourth-order valence-corrected chi connectivity index (χ4v) is 7.31. The quantitative estimate of drug-likeness (QED) is 0.379. The minimum Gasteiger partial charge on any atom is -0.440 e. The van der Waals surface area contributed by atoms with Crippen LogP contribution in [-0.4, -0.2) is 49.4 Å². The van der Waals surface area contributed by atoms with Crippen molar-refractivity contribution in [1.29, 1.82) is 5.26 Å². The highest BCUT2D eigenvalue weighted by molar-refractivity contribution is 7.91. The predicted octanol–water partition coefficient (Wildman–Crippen LogP) is 5.71. The Morgan fingerprint density at radius 3 is 2.49 bits per heavy atom. The summed E-state index contributed by atoms with van der Waals surface area (Å²) in [5.41, 5.74) is 0.292. The van der Waals surface area contributed by atoms with E-state index in [0.29, 0.717) is 42.7 Å². The van der Waals surface area contributed by atoms with Gasteiger partial charge < -0.3 is 14.6 Å². The first kappa shape index (κ1) is 29.2. The zero-order valence-corrected chi connectivity index (χ0v) is 24.2. The molecule has 0 spiro atoms. The van der Waals surface area contributed by atoms with E-state index in [4.69, 9.17) is 9.40 Å². The Kier molecular flexibility index (Phi) is 7.49. The zero-order chi connectivity index (χ0) is 30.4. The molecule has 6 rings (SSSR count). The highest BCUT2D eigenvalue weighted by Crippen LogP contribution is 2.46. The smallest absolute Gasteiger partial charge is 0.416 e. The molecule has 43 heavy (non-hydrogen) atoms. The number of anilines is 1. The van der Waals surface area contributed by atoms with Gasteiger partial charge in [-0.15, -0.1) is 0 Å². The number of amides is 1. The number of carbonyl (C=O) groups is 1. The molecule has 1 saturated heterocycles. The second-order valence-corrected chi connectivity index (χ2v) is 14.0. The average molecular weight is 613 g/mol. The van der Waals surface area contributed by atoms with Gasteiger partial charge in [-0.2, -0.15) is 18.4 Å². The monoisotopic (exact) mass is 612 g/mol. The molecule has 2 saturated carbocycles. The number of halogens is 3. The van der Waals surface area contributed by atoms with E-state index in [2.05, 4.69) is 11.4 Å². The number of para-hydroxylation sites is 1. The molecular weight excluding hydrogens is 581 g/mol. The first-order valence-corrected chi connectivity index (χ1v) is 16.3. The number of nitrogens with one attached hydrogen (secondary N) is 1. The molecule has 0 radical (unpaired) electrons. The molecule has 1 N–H and O–H groups in total. The Bertz CT molecular complexity index is 1680. The molecule has 3 fully saturated rings. The molecular formula is C31H31F3N4O4S. The maximum absolute atomic E-state index is 13.6. The Labute approximate surface area is 247 Å². The molecule has 1 amide bonds. The Morgan fingerprint density at radius 1 is 1.07 bits per heavy atom. The summed E-state index contributed by atoms with van der Waals surface area (Å²) in [6.07, 6.45) is -0.548. The van der Waals surface area contributed by atoms with Crippen molar-refractivity contribution in [3.63, 3.8) is 0 Å². The van der Waals surface area contributed by atoms with Crippen molar-refractivity contribution in [2.75, 3.05) is 29.5 Å². The molecule has 226 valence electrons. The van der Waals surface area contributed by atoms with Gasteiger partial charge in [0.15, 0.2) is 9.84 Å². The van der Waals surface area contributed by atoms with Crippen molar-refractivity contribution in [3.05, 3.63) is 59.9 Å². The highest BCUT2D eigenvalue weighted by Gasteiger charge is 2.47. The van der Waals surface area contributed by atoms with Gasteiger partial charge in [0.05, 0.1) is 23.1 Å². The summed E-state index contributed by atoms with van der Waals surface area (Å²) in [7, 11) is -3.14. The van der Waals surface area contributed by atoms with Crippen molar-refractivity contribution in [3.8, 4) is 28.8 Å². The van der Waals surface area contributed by atoms with Gasteiger partial charge >= 0.3 is 6.18 Å². The molecule has 8 nitrogen and oxygen atoms in total. The largest absolute Gasteiger partial charge is 0.440 e. The standard InChI is InChI=1S/C31H31F3N4O4S/c32-31(33,34)21-7-5-6-20(18-21)29-36-26(24-10-3-4-11-25(24)38-14-16-43(40,41)17-15-38)27(42-29)22-8-1-2-9-23(22)28(39)37-30(19-35)12-13-30/h3-7,10-11,18,22-23H,1-2,8-9,12-17H2,(H,37,39)/t22-,23-/m1/s1. The van der Waals surface area contributed by atoms with E-state index in [1.807, 2.05) is 29.2 Å². The lowest BCUT2D eigenvalue weighted by Gasteiger charge is -2.32. The van der Waals surface area contributed by atoms with Crippen LogP contribution in [0.5, 0.6) is 0 Å². The van der Waals surface area contributed by atoms with Crippen LogP contribution in [0.25, 0.3) is 22.7 Å². The normalized spacial score (nSPS) is 22.9. The number of alkyl halides is 3. The number of nitrogens with zero attached hydrogens (tertiary/aromatic N) is 3. The molecule has 2 aromatic carbocycles. The van der Waals surface area contributed by atoms with Gasteiger partial charge in [-0.25, -0.2) is 13.4 Å². The second kappa shape index (κ2) is 11.0. The van der Waals surface area contributed by atoms with Gasteiger partial charge in [-0.1, -0.05) is 37.1 Å². The SMILES string of the molecule is N#CC1(NC(=O)[C@@H]2CCCC[C@H]2c2oc(-c3cccc(C(F)(F)F)c3)nc2-c2ccccc2N2CCS(=O)(=O)CC2)CC1.